The van der Waals surface area contributed by atoms with E-state index in [1.54, 1.807) is 130 Å². The van der Waals surface area contributed by atoms with Gasteiger partial charge < -0.3 is 9.47 Å². The maximum atomic E-state index is 13.5. The lowest BCUT2D eigenvalue weighted by molar-refractivity contribution is -0.141. The summed E-state index contributed by atoms with van der Waals surface area (Å²) in [7, 11) is -15.6. The number of pyridine rings is 3. The van der Waals surface area contributed by atoms with Gasteiger partial charge in [-0.15, -0.1) is 0 Å². The van der Waals surface area contributed by atoms with Crippen molar-refractivity contribution in [3.05, 3.63) is 307 Å². The molecule has 0 radical (unpaired) electrons. The molecule has 0 aliphatic heterocycles. The lowest BCUT2D eigenvalue weighted by Crippen LogP contribution is -2.17. The highest BCUT2D eigenvalue weighted by atomic mass is 32.2. The standard InChI is InChI=1S/C24H25N3O2S.C23H21F3N4O2S.C23H24N4O3S.C22H22N4O3S/c1-17-15-23(26-30(28,29)22-13-10-20(11-14-22)24(2,3)4)27(25-17)21-12-9-18-7-5-6-8-19(18)16-21;1-22(2,3)15-9-11-16(12-10-15)33(31,32)29-21-14-20(23(24,25)26)28-30(21)19-8-4-7-18-17(19)6-5-13-27-18;1-16(2)15-30-18-9-11-19(12-10-18)31(28,29)26-23-14-17(3)25-27(23)22-8-4-7-21-20(22)6-5-13-24-21;1-15(2)29-17-9-11-18(12-10-17)30(27,28)25-22-14-16(3)24-26(22)21-8-4-7-20-19(21)6-5-13-23-20/h5-16,26H,1-4H3;4-14,29H,1-3H3;4-14,16,26H,15H2,1-3H3;4-15,25H,1-3H3. The molecule has 0 amide bonds. The molecule has 0 aliphatic carbocycles. The molecule has 25 nitrogen and oxygen atoms in total. The van der Waals surface area contributed by atoms with Crippen LogP contribution in [-0.2, 0) is 57.1 Å². The molecule has 7 heterocycles. The van der Waals surface area contributed by atoms with Crippen molar-refractivity contribution in [3.63, 3.8) is 0 Å². The smallest absolute Gasteiger partial charge is 0.435 e. The van der Waals surface area contributed by atoms with Gasteiger partial charge in [0.2, 0.25) is 0 Å². The SMILES string of the molecule is CC(C)(C)c1ccc(S(=O)(=O)Nc2cc(C(F)(F)F)nn2-c2cccc3ncccc23)cc1.Cc1cc(NS(=O)(=O)c2ccc(C(C)(C)C)cc2)n(-c2ccc3ccccc3c2)n1.Cc1cc(NS(=O)(=O)c2ccc(OC(C)C)cc2)n(-c2cccc3ncccc23)n1.Cc1cc(NS(=O)(=O)c2ccc(OCC(C)C)cc2)n(-c2cccc3ncccc23)n1. The average Bonchev–Trinajstić information content (AvgIpc) is 1.60. The Morgan fingerprint density at radius 3 is 1.08 bits per heavy atom. The van der Waals surface area contributed by atoms with Crippen LogP contribution in [0.1, 0.15) is 103 Å². The van der Waals surface area contributed by atoms with Crippen LogP contribution in [-0.4, -0.2) is 100 Å². The van der Waals surface area contributed by atoms with Crippen molar-refractivity contribution >= 4 is 107 Å². The first-order chi connectivity index (χ1) is 58.7. The molecule has 4 N–H and O–H groups in total. The zero-order valence-electron chi connectivity index (χ0n) is 70.1. The Labute approximate surface area is 718 Å². The van der Waals surface area contributed by atoms with Crippen LogP contribution >= 0.6 is 0 Å². The quantitative estimate of drug-likeness (QED) is 0.0519. The Balaban J connectivity index is 0.000000142. The first-order valence-corrected chi connectivity index (χ1v) is 45.3. The Bertz CT molecular complexity index is 7020. The van der Waals surface area contributed by atoms with Crippen LogP contribution < -0.4 is 28.4 Å². The van der Waals surface area contributed by atoms with Crippen LogP contribution in [0.3, 0.4) is 0 Å². The van der Waals surface area contributed by atoms with Crippen molar-refractivity contribution < 1.29 is 56.3 Å². The monoisotopic (exact) mass is 1750 g/mol. The zero-order chi connectivity index (χ0) is 88.8. The predicted octanol–water partition coefficient (Wildman–Crippen LogP) is 19.9. The van der Waals surface area contributed by atoms with Crippen molar-refractivity contribution in [2.24, 2.45) is 5.92 Å². The van der Waals surface area contributed by atoms with E-state index in [0.717, 1.165) is 71.1 Å². The molecule has 0 saturated heterocycles. The number of anilines is 4. The van der Waals surface area contributed by atoms with Crippen molar-refractivity contribution in [3.8, 4) is 34.2 Å². The summed E-state index contributed by atoms with van der Waals surface area (Å²) in [6.07, 6.45) is 0.247. The van der Waals surface area contributed by atoms with Crippen LogP contribution in [0.15, 0.2) is 293 Å². The molecule has 124 heavy (non-hydrogen) atoms. The molecule has 0 unspecified atom stereocenters. The molecule has 0 bridgehead atoms. The summed E-state index contributed by atoms with van der Waals surface area (Å²) in [6, 6.07) is 72.8. The fourth-order valence-electron chi connectivity index (χ4n) is 13.2. The topological polar surface area (TPSA) is 313 Å². The van der Waals surface area contributed by atoms with Gasteiger partial charge in [0.15, 0.2) is 5.69 Å². The summed E-state index contributed by atoms with van der Waals surface area (Å²) >= 11 is 0. The second-order valence-corrected chi connectivity index (χ2v) is 38.7. The molecule has 0 aliphatic rings. The minimum absolute atomic E-state index is 0.0121. The summed E-state index contributed by atoms with van der Waals surface area (Å²) in [5.41, 5.74) is 7.36. The van der Waals surface area contributed by atoms with Gasteiger partial charge in [0.05, 0.1) is 88.7 Å². The van der Waals surface area contributed by atoms with Crippen LogP contribution in [0.25, 0.3) is 66.2 Å². The van der Waals surface area contributed by atoms with E-state index in [1.807, 2.05) is 171 Å². The van der Waals surface area contributed by atoms with Gasteiger partial charge in [0, 0.05) is 59.0 Å². The number of benzene rings is 9. The Morgan fingerprint density at radius 1 is 0.363 bits per heavy atom. The highest BCUT2D eigenvalue weighted by Crippen LogP contribution is 2.37. The van der Waals surface area contributed by atoms with Gasteiger partial charge in [-0.3, -0.25) is 33.8 Å². The fraction of sp³-hybridized carbons (Fsp3) is 0.207. The third-order valence-corrected chi connectivity index (χ3v) is 24.7. The molecular weight excluding hydrogens is 1660 g/mol. The van der Waals surface area contributed by atoms with Crippen molar-refractivity contribution in [2.45, 2.75) is 133 Å². The van der Waals surface area contributed by atoms with Crippen LogP contribution in [0.2, 0.25) is 0 Å². The van der Waals surface area contributed by atoms with E-state index in [2.05, 4.69) is 88.9 Å². The third-order valence-electron chi connectivity index (χ3n) is 19.3. The van der Waals surface area contributed by atoms with Gasteiger partial charge in [-0.1, -0.05) is 128 Å². The van der Waals surface area contributed by atoms with Gasteiger partial charge in [-0.25, -0.2) is 52.4 Å². The van der Waals surface area contributed by atoms with Gasteiger partial charge in [-0.05, 0) is 231 Å². The molecule has 16 rings (SSSR count). The summed E-state index contributed by atoms with van der Waals surface area (Å²) in [5.74, 6) is 2.42. The van der Waals surface area contributed by atoms with Crippen molar-refractivity contribution in [1.82, 2.24) is 54.1 Å². The maximum absolute atomic E-state index is 13.5. The predicted molar refractivity (Wildman–Crippen MR) is 479 cm³/mol. The number of ether oxygens (including phenoxy) is 2. The Hall–Kier alpha value is -13.3. The van der Waals surface area contributed by atoms with Crippen LogP contribution in [0.5, 0.6) is 11.5 Å². The molecule has 640 valence electrons. The second kappa shape index (κ2) is 36.0. The van der Waals surface area contributed by atoms with E-state index < -0.39 is 52.0 Å². The number of aryl methyl sites for hydroxylation is 3. The molecule has 0 atom stereocenters. The minimum Gasteiger partial charge on any atom is -0.493 e. The van der Waals surface area contributed by atoms with Crippen molar-refractivity contribution in [2.75, 3.05) is 25.5 Å². The molecule has 9 aromatic carbocycles. The number of nitrogens with zero attached hydrogens (tertiary/aromatic N) is 11. The number of halogens is 3. The lowest BCUT2D eigenvalue weighted by atomic mass is 9.87. The van der Waals surface area contributed by atoms with Crippen LogP contribution in [0, 0.1) is 26.7 Å². The number of rotatable bonds is 21. The first-order valence-electron chi connectivity index (χ1n) is 39.4. The fourth-order valence-corrected chi connectivity index (χ4v) is 17.3. The molecule has 32 heteroatoms. The van der Waals surface area contributed by atoms with Gasteiger partial charge in [0.1, 0.15) is 34.8 Å². The van der Waals surface area contributed by atoms with Crippen LogP contribution in [0.4, 0.5) is 36.4 Å². The average molecular weight is 1750 g/mol. The van der Waals surface area contributed by atoms with E-state index in [9.17, 15) is 46.8 Å². The highest BCUT2D eigenvalue weighted by Gasteiger charge is 2.37. The molecule has 0 spiro atoms. The van der Waals surface area contributed by atoms with E-state index in [-0.39, 0.29) is 48.0 Å². The van der Waals surface area contributed by atoms with Gasteiger partial charge in [-0.2, -0.15) is 33.6 Å². The Kier molecular flexibility index (Phi) is 25.7. The second-order valence-electron chi connectivity index (χ2n) is 31.9. The third kappa shape index (κ3) is 21.1. The minimum atomic E-state index is -4.76. The number of sulfonamides is 4. The largest absolute Gasteiger partial charge is 0.493 e. The lowest BCUT2D eigenvalue weighted by Gasteiger charge is -2.19. The van der Waals surface area contributed by atoms with Gasteiger partial charge >= 0.3 is 6.18 Å². The number of fused-ring (bicyclic) bond motifs is 4. The summed E-state index contributed by atoms with van der Waals surface area (Å²) < 4.78 is 172. The number of nitrogens with one attached hydrogen (secondary N) is 4. The normalized spacial score (nSPS) is 12.1. The summed E-state index contributed by atoms with van der Waals surface area (Å²) in [4.78, 5) is 13.4. The first kappa shape index (κ1) is 88.5. The Morgan fingerprint density at radius 2 is 0.710 bits per heavy atom. The summed E-state index contributed by atoms with van der Waals surface area (Å²) in [5, 5.41) is 21.6. The van der Waals surface area contributed by atoms with E-state index in [1.165, 1.54) is 36.4 Å². The summed E-state index contributed by atoms with van der Waals surface area (Å²) in [6.45, 7) is 26.3. The van der Waals surface area contributed by atoms with Gasteiger partial charge in [0.25, 0.3) is 40.1 Å². The number of aromatic nitrogens is 11. The number of alkyl halides is 3. The van der Waals surface area contributed by atoms with E-state index in [0.29, 0.717) is 69.8 Å². The molecule has 0 saturated carbocycles. The highest BCUT2D eigenvalue weighted by molar-refractivity contribution is 7.93. The van der Waals surface area contributed by atoms with Crippen molar-refractivity contribution in [1.29, 1.82) is 0 Å². The molecule has 7 aromatic heterocycles. The zero-order valence-corrected chi connectivity index (χ0v) is 73.4. The molecule has 16 aromatic rings. The number of hydrogen-bond donors (Lipinski definition) is 4. The van der Waals surface area contributed by atoms with E-state index in [4.69, 9.17) is 9.47 Å². The molecular formula is C92H92F3N15O10S4. The van der Waals surface area contributed by atoms with E-state index >= 15 is 0 Å². The maximum Gasteiger partial charge on any atom is 0.435 e. The molecule has 0 fully saturated rings. The number of hydrogen-bond acceptors (Lipinski definition) is 17.